The summed E-state index contributed by atoms with van der Waals surface area (Å²) in [6.07, 6.45) is 24.0. The van der Waals surface area contributed by atoms with E-state index in [4.69, 9.17) is 4.74 Å². The molecular formula is C29H46O. The van der Waals surface area contributed by atoms with Crippen molar-refractivity contribution in [1.29, 1.82) is 0 Å². The molecule has 1 nitrogen and oxygen atoms in total. The van der Waals surface area contributed by atoms with E-state index in [2.05, 4.69) is 43.3 Å². The lowest BCUT2D eigenvalue weighted by Crippen LogP contribution is -1.90. The highest BCUT2D eigenvalue weighted by atomic mass is 16.5. The topological polar surface area (TPSA) is 9.23 Å². The van der Waals surface area contributed by atoms with Crippen molar-refractivity contribution < 1.29 is 4.74 Å². The largest absolute Gasteiger partial charge is 0.496 e. The fourth-order valence-corrected chi connectivity index (χ4v) is 4.61. The molecule has 2 aliphatic carbocycles. The van der Waals surface area contributed by atoms with Gasteiger partial charge in [0.2, 0.25) is 0 Å². The Morgan fingerprint density at radius 3 is 1.60 bits per heavy atom. The van der Waals surface area contributed by atoms with Crippen LogP contribution in [0.3, 0.4) is 0 Å². The maximum absolute atomic E-state index is 5.62. The molecule has 0 atom stereocenters. The Labute approximate surface area is 187 Å². The summed E-state index contributed by atoms with van der Waals surface area (Å²) in [7, 11) is 1.78. The molecule has 0 radical (unpaired) electrons. The number of rotatable bonds is 18. The molecule has 0 aromatic rings. The van der Waals surface area contributed by atoms with Crippen molar-refractivity contribution in [2.75, 3.05) is 7.11 Å². The van der Waals surface area contributed by atoms with Gasteiger partial charge in [-0.1, -0.05) is 134 Å². The highest BCUT2D eigenvalue weighted by Crippen LogP contribution is 2.36. The minimum atomic E-state index is 1.01. The van der Waals surface area contributed by atoms with Crippen molar-refractivity contribution >= 4 is 0 Å². The lowest BCUT2D eigenvalue weighted by molar-refractivity contribution is 0.416. The SMILES string of the molecule is CCCCCCCCCCCCCCCCCCc1ccc2ccccc(OC)c1-2. The number of unbranched alkanes of at least 4 members (excludes halogenated alkanes) is 15. The summed E-state index contributed by atoms with van der Waals surface area (Å²) in [6.45, 7) is 2.30. The summed E-state index contributed by atoms with van der Waals surface area (Å²) < 4.78 is 5.62. The number of methoxy groups -OCH3 is 1. The van der Waals surface area contributed by atoms with Crippen LogP contribution >= 0.6 is 0 Å². The van der Waals surface area contributed by atoms with Crippen LogP contribution < -0.4 is 4.74 Å². The Balaban J connectivity index is 1.44. The maximum atomic E-state index is 5.62. The Hall–Kier alpha value is -1.50. The monoisotopic (exact) mass is 410 g/mol. The third-order valence-electron chi connectivity index (χ3n) is 6.47. The first-order chi connectivity index (χ1) is 14.9. The lowest BCUT2D eigenvalue weighted by atomic mass is 10.0. The van der Waals surface area contributed by atoms with E-state index < -0.39 is 0 Å². The highest BCUT2D eigenvalue weighted by Gasteiger charge is 2.13. The molecule has 0 aromatic carbocycles. The molecule has 0 amide bonds. The Bertz CT molecular complexity index is 632. The van der Waals surface area contributed by atoms with E-state index in [-0.39, 0.29) is 0 Å². The zero-order valence-electron chi connectivity index (χ0n) is 19.9. The van der Waals surface area contributed by atoms with Crippen molar-refractivity contribution in [2.45, 2.75) is 116 Å². The van der Waals surface area contributed by atoms with Crippen molar-refractivity contribution in [2.24, 2.45) is 0 Å². The van der Waals surface area contributed by atoms with Gasteiger partial charge in [0.25, 0.3) is 0 Å². The predicted octanol–water partition coefficient (Wildman–Crippen LogP) is 9.60. The summed E-state index contributed by atoms with van der Waals surface area (Å²) in [4.78, 5) is 0. The van der Waals surface area contributed by atoms with Gasteiger partial charge in [-0.25, -0.2) is 0 Å². The highest BCUT2D eigenvalue weighted by molar-refractivity contribution is 5.76. The van der Waals surface area contributed by atoms with Gasteiger partial charge in [0.05, 0.1) is 7.11 Å². The first-order valence-corrected chi connectivity index (χ1v) is 12.9. The van der Waals surface area contributed by atoms with Gasteiger partial charge in [0.1, 0.15) is 5.75 Å². The molecule has 0 N–H and O–H groups in total. The molecule has 1 heteroatoms. The van der Waals surface area contributed by atoms with Gasteiger partial charge in [0, 0.05) is 5.56 Å². The summed E-state index contributed by atoms with van der Waals surface area (Å²) in [5.41, 5.74) is 4.05. The van der Waals surface area contributed by atoms with E-state index in [9.17, 15) is 0 Å². The molecule has 0 aromatic heterocycles. The van der Waals surface area contributed by atoms with Gasteiger partial charge in [-0.15, -0.1) is 0 Å². The van der Waals surface area contributed by atoms with E-state index in [1.807, 2.05) is 0 Å². The number of fused-ring (bicyclic) bond motifs is 1. The second-order valence-corrected chi connectivity index (χ2v) is 9.03. The molecule has 2 rings (SSSR count). The molecule has 0 aliphatic heterocycles. The van der Waals surface area contributed by atoms with E-state index in [0.717, 1.165) is 5.75 Å². The summed E-state index contributed by atoms with van der Waals surface area (Å²) >= 11 is 0. The van der Waals surface area contributed by atoms with E-state index >= 15 is 0 Å². The third-order valence-corrected chi connectivity index (χ3v) is 6.47. The first kappa shape index (κ1) is 24.8. The number of hydrogen-bond acceptors (Lipinski definition) is 1. The standard InChI is InChI=1S/C29H46O/c1-3-4-5-6-7-8-9-10-11-12-13-14-15-16-17-18-21-26-24-25-27-22-19-20-23-28(30-2)29(26)27/h19-20,22-25H,3-18,21H2,1-2H3. The molecule has 0 heterocycles. The molecule has 30 heavy (non-hydrogen) atoms. The van der Waals surface area contributed by atoms with E-state index in [0.29, 0.717) is 0 Å². The zero-order chi connectivity index (χ0) is 21.3. The normalized spacial score (nSPS) is 11.3. The van der Waals surface area contributed by atoms with Crippen molar-refractivity contribution in [3.05, 3.63) is 42.0 Å². The molecule has 2 aliphatic rings. The van der Waals surface area contributed by atoms with Gasteiger partial charge in [-0.2, -0.15) is 0 Å². The van der Waals surface area contributed by atoms with Gasteiger partial charge in [-0.05, 0) is 30.0 Å². The fourth-order valence-electron chi connectivity index (χ4n) is 4.61. The fraction of sp³-hybridized carbons (Fsp3) is 0.655. The van der Waals surface area contributed by atoms with Gasteiger partial charge >= 0.3 is 0 Å². The van der Waals surface area contributed by atoms with Crippen LogP contribution in [0.2, 0.25) is 0 Å². The quantitative estimate of drug-likeness (QED) is 0.222. The number of aryl methyl sites for hydroxylation is 1. The molecule has 0 fully saturated rings. The number of ether oxygens (including phenoxy) is 1. The molecular weight excluding hydrogens is 364 g/mol. The molecule has 168 valence electrons. The third kappa shape index (κ3) is 9.54. The van der Waals surface area contributed by atoms with Crippen LogP contribution in [0.15, 0.2) is 36.4 Å². The van der Waals surface area contributed by atoms with E-state index in [1.165, 1.54) is 126 Å². The van der Waals surface area contributed by atoms with Crippen LogP contribution in [0.1, 0.15) is 115 Å². The van der Waals surface area contributed by atoms with Crippen LogP contribution in [0.4, 0.5) is 0 Å². The van der Waals surface area contributed by atoms with Crippen molar-refractivity contribution in [1.82, 2.24) is 0 Å². The summed E-state index contributed by atoms with van der Waals surface area (Å²) in [5.74, 6) is 1.01. The Kier molecular flexibility index (Phi) is 13.4. The lowest BCUT2D eigenvalue weighted by Gasteiger charge is -2.07. The average molecular weight is 411 g/mol. The minimum Gasteiger partial charge on any atom is -0.496 e. The molecule has 0 unspecified atom stereocenters. The van der Waals surface area contributed by atoms with Crippen LogP contribution in [-0.4, -0.2) is 7.11 Å². The Morgan fingerprint density at radius 2 is 1.07 bits per heavy atom. The molecule has 0 spiro atoms. The maximum Gasteiger partial charge on any atom is 0.126 e. The average Bonchev–Trinajstić information content (AvgIpc) is 3.04. The van der Waals surface area contributed by atoms with Crippen LogP contribution in [0.25, 0.3) is 11.1 Å². The summed E-state index contributed by atoms with van der Waals surface area (Å²) in [6, 6.07) is 13.0. The van der Waals surface area contributed by atoms with Crippen molar-refractivity contribution in [3.8, 4) is 16.9 Å². The zero-order valence-corrected chi connectivity index (χ0v) is 19.9. The smallest absolute Gasteiger partial charge is 0.126 e. The van der Waals surface area contributed by atoms with Crippen molar-refractivity contribution in [3.63, 3.8) is 0 Å². The van der Waals surface area contributed by atoms with E-state index in [1.54, 1.807) is 7.11 Å². The van der Waals surface area contributed by atoms with Gasteiger partial charge in [-0.3, -0.25) is 0 Å². The molecule has 0 saturated heterocycles. The number of hydrogen-bond donors (Lipinski definition) is 0. The van der Waals surface area contributed by atoms with Crippen LogP contribution in [0, 0.1) is 0 Å². The van der Waals surface area contributed by atoms with Gasteiger partial charge in [0.15, 0.2) is 0 Å². The predicted molar refractivity (Wildman–Crippen MR) is 133 cm³/mol. The molecule has 0 saturated carbocycles. The second kappa shape index (κ2) is 16.2. The second-order valence-electron chi connectivity index (χ2n) is 9.03. The minimum absolute atomic E-state index is 1.01. The molecule has 0 bridgehead atoms. The first-order valence-electron chi connectivity index (χ1n) is 12.9. The Morgan fingerprint density at radius 1 is 0.567 bits per heavy atom. The summed E-state index contributed by atoms with van der Waals surface area (Å²) in [5, 5.41) is 0. The van der Waals surface area contributed by atoms with Gasteiger partial charge < -0.3 is 4.74 Å². The van der Waals surface area contributed by atoms with Crippen LogP contribution in [0.5, 0.6) is 5.75 Å². The van der Waals surface area contributed by atoms with Crippen LogP contribution in [-0.2, 0) is 6.42 Å².